The molecule has 0 aromatic heterocycles. The summed E-state index contributed by atoms with van der Waals surface area (Å²) in [6.07, 6.45) is 0. The van der Waals surface area contributed by atoms with E-state index in [0.717, 1.165) is 0 Å². The zero-order chi connectivity index (χ0) is 20.0. The van der Waals surface area contributed by atoms with Crippen LogP contribution in [0.25, 0.3) is 0 Å². The highest BCUT2D eigenvalue weighted by Gasteiger charge is 2.22. The van der Waals surface area contributed by atoms with Crippen LogP contribution >= 0.6 is 24.0 Å². The van der Waals surface area contributed by atoms with Crippen LogP contribution in [0.3, 0.4) is 0 Å². The molecule has 1 aliphatic heterocycles. The number of piperazine rings is 1. The van der Waals surface area contributed by atoms with Gasteiger partial charge in [0.1, 0.15) is 5.82 Å². The predicted octanol–water partition coefficient (Wildman–Crippen LogP) is 2.62. The first-order valence-electron chi connectivity index (χ1n) is 9.24. The van der Waals surface area contributed by atoms with E-state index in [1.165, 1.54) is 6.07 Å². The predicted molar refractivity (Wildman–Crippen MR) is 125 cm³/mol. The van der Waals surface area contributed by atoms with E-state index in [4.69, 9.17) is 0 Å². The van der Waals surface area contributed by atoms with Crippen molar-refractivity contribution in [2.75, 3.05) is 50.4 Å². The molecule has 6 nitrogen and oxygen atoms in total. The number of nitrogens with zero attached hydrogens (tertiary/aromatic N) is 3. The molecule has 158 valence electrons. The molecular formula is C20H26FIN4O2S. The highest BCUT2D eigenvalue weighted by molar-refractivity contribution is 14.0. The van der Waals surface area contributed by atoms with Crippen LogP contribution in [-0.4, -0.2) is 64.8 Å². The monoisotopic (exact) mass is 532 g/mol. The molecule has 1 heterocycles. The van der Waals surface area contributed by atoms with Crippen LogP contribution in [0, 0.1) is 5.82 Å². The number of nitrogens with one attached hydrogen (secondary N) is 1. The van der Waals surface area contributed by atoms with Crippen LogP contribution in [0.5, 0.6) is 0 Å². The molecule has 1 aliphatic rings. The van der Waals surface area contributed by atoms with E-state index >= 15 is 0 Å². The number of anilines is 1. The summed E-state index contributed by atoms with van der Waals surface area (Å²) in [6.45, 7) is 2.98. The summed E-state index contributed by atoms with van der Waals surface area (Å²) in [5.74, 6) is 0.437. The summed E-state index contributed by atoms with van der Waals surface area (Å²) < 4.78 is 38.7. The van der Waals surface area contributed by atoms with Crippen molar-refractivity contribution < 1.29 is 12.8 Å². The molecule has 9 heteroatoms. The van der Waals surface area contributed by atoms with E-state index in [0.29, 0.717) is 42.7 Å². The molecule has 0 aliphatic carbocycles. The number of rotatable bonds is 5. The third-order valence-corrected chi connectivity index (χ3v) is 6.47. The van der Waals surface area contributed by atoms with Crippen molar-refractivity contribution in [2.24, 2.45) is 4.99 Å². The molecule has 0 unspecified atom stereocenters. The van der Waals surface area contributed by atoms with E-state index in [2.05, 4.69) is 15.2 Å². The van der Waals surface area contributed by atoms with E-state index in [9.17, 15) is 12.8 Å². The molecule has 1 N–H and O–H groups in total. The number of sulfone groups is 1. The molecule has 0 bridgehead atoms. The first-order valence-corrected chi connectivity index (χ1v) is 10.9. The zero-order valence-corrected chi connectivity index (χ0v) is 19.4. The van der Waals surface area contributed by atoms with Crippen LogP contribution < -0.4 is 10.2 Å². The Balaban J connectivity index is 0.00000300. The van der Waals surface area contributed by atoms with Crippen molar-refractivity contribution in [1.82, 2.24) is 10.2 Å². The summed E-state index contributed by atoms with van der Waals surface area (Å²) >= 11 is 0. The van der Waals surface area contributed by atoms with Crippen LogP contribution in [0.4, 0.5) is 10.1 Å². The zero-order valence-electron chi connectivity index (χ0n) is 16.3. The van der Waals surface area contributed by atoms with Gasteiger partial charge in [-0.1, -0.05) is 30.3 Å². The number of halogens is 2. The normalized spacial score (nSPS) is 15.0. The maximum absolute atomic E-state index is 14.0. The molecule has 0 saturated carbocycles. The second kappa shape index (κ2) is 10.8. The fourth-order valence-electron chi connectivity index (χ4n) is 3.24. The summed E-state index contributed by atoms with van der Waals surface area (Å²) in [6, 6.07) is 15.2. The highest BCUT2D eigenvalue weighted by atomic mass is 127. The Bertz CT molecular complexity index is 917. The second-order valence-corrected chi connectivity index (χ2v) is 8.64. The molecule has 1 saturated heterocycles. The third kappa shape index (κ3) is 6.05. The Morgan fingerprint density at radius 3 is 2.28 bits per heavy atom. The van der Waals surface area contributed by atoms with Crippen LogP contribution in [0.2, 0.25) is 0 Å². The lowest BCUT2D eigenvalue weighted by molar-refractivity contribution is 0.372. The third-order valence-electron chi connectivity index (χ3n) is 4.74. The van der Waals surface area contributed by atoms with Gasteiger partial charge in [0.25, 0.3) is 0 Å². The standard InChI is InChI=1S/C20H25FN4O2S.HI/c1-22-20(23-11-16-28(26,27)17-7-3-2-4-8-17)25-14-12-24(13-15-25)19-10-6-5-9-18(19)21;/h2-10H,11-16H2,1H3,(H,22,23);1H. The summed E-state index contributed by atoms with van der Waals surface area (Å²) in [7, 11) is -1.65. The van der Waals surface area contributed by atoms with Crippen molar-refractivity contribution >= 4 is 45.5 Å². The Morgan fingerprint density at radius 1 is 1.03 bits per heavy atom. The fraction of sp³-hybridized carbons (Fsp3) is 0.350. The van der Waals surface area contributed by atoms with Crippen molar-refractivity contribution in [3.63, 3.8) is 0 Å². The Hall–Kier alpha value is -1.88. The Labute approximate surface area is 188 Å². The number of benzene rings is 2. The molecule has 29 heavy (non-hydrogen) atoms. The average molecular weight is 532 g/mol. The lowest BCUT2D eigenvalue weighted by atomic mass is 10.2. The van der Waals surface area contributed by atoms with Gasteiger partial charge in [-0.15, -0.1) is 24.0 Å². The van der Waals surface area contributed by atoms with E-state index < -0.39 is 9.84 Å². The minimum Gasteiger partial charge on any atom is -0.366 e. The van der Waals surface area contributed by atoms with Gasteiger partial charge in [-0.25, -0.2) is 12.8 Å². The molecule has 0 spiro atoms. The van der Waals surface area contributed by atoms with Gasteiger partial charge >= 0.3 is 0 Å². The molecule has 2 aromatic carbocycles. The Morgan fingerprint density at radius 2 is 1.66 bits per heavy atom. The van der Waals surface area contributed by atoms with Crippen LogP contribution in [0.1, 0.15) is 0 Å². The van der Waals surface area contributed by atoms with Gasteiger partial charge in [0.15, 0.2) is 15.8 Å². The SMILES string of the molecule is CN=C(NCCS(=O)(=O)c1ccccc1)N1CCN(c2ccccc2F)CC1.I. The maximum atomic E-state index is 14.0. The Kier molecular flexibility index (Phi) is 8.69. The van der Waals surface area contributed by atoms with Crippen molar-refractivity contribution in [3.8, 4) is 0 Å². The number of hydrogen-bond acceptors (Lipinski definition) is 4. The number of aliphatic imine (C=N–C) groups is 1. The average Bonchev–Trinajstić information content (AvgIpc) is 2.72. The first kappa shape index (κ1) is 23.4. The van der Waals surface area contributed by atoms with Crippen molar-refractivity contribution in [1.29, 1.82) is 0 Å². The van der Waals surface area contributed by atoms with Gasteiger partial charge in [0, 0.05) is 39.8 Å². The first-order chi connectivity index (χ1) is 13.5. The number of guanidine groups is 1. The maximum Gasteiger partial charge on any atom is 0.193 e. The fourth-order valence-corrected chi connectivity index (χ4v) is 4.42. The number of hydrogen-bond donors (Lipinski definition) is 1. The van der Waals surface area contributed by atoms with E-state index in [1.807, 2.05) is 11.0 Å². The molecule has 3 rings (SSSR count). The van der Waals surface area contributed by atoms with Gasteiger partial charge in [-0.05, 0) is 24.3 Å². The van der Waals surface area contributed by atoms with E-state index in [-0.39, 0.29) is 42.1 Å². The topological polar surface area (TPSA) is 65.0 Å². The van der Waals surface area contributed by atoms with Crippen LogP contribution in [-0.2, 0) is 9.84 Å². The summed E-state index contributed by atoms with van der Waals surface area (Å²) in [5.41, 5.74) is 0.610. The minimum atomic E-state index is -3.33. The van der Waals surface area contributed by atoms with Crippen LogP contribution in [0.15, 0.2) is 64.5 Å². The molecule has 0 amide bonds. The van der Waals surface area contributed by atoms with Gasteiger partial charge < -0.3 is 15.1 Å². The molecular weight excluding hydrogens is 506 g/mol. The largest absolute Gasteiger partial charge is 0.366 e. The summed E-state index contributed by atoms with van der Waals surface area (Å²) in [4.78, 5) is 8.66. The number of para-hydroxylation sites is 1. The van der Waals surface area contributed by atoms with Gasteiger partial charge in [-0.2, -0.15) is 0 Å². The highest BCUT2D eigenvalue weighted by Crippen LogP contribution is 2.20. The van der Waals surface area contributed by atoms with Crippen molar-refractivity contribution in [2.45, 2.75) is 4.90 Å². The van der Waals surface area contributed by atoms with Gasteiger partial charge in [0.05, 0.1) is 16.3 Å². The minimum absolute atomic E-state index is 0. The molecule has 2 aromatic rings. The second-order valence-electron chi connectivity index (χ2n) is 6.53. The van der Waals surface area contributed by atoms with E-state index in [1.54, 1.807) is 49.5 Å². The lowest BCUT2D eigenvalue weighted by Gasteiger charge is -2.37. The molecule has 1 fully saturated rings. The van der Waals surface area contributed by atoms with Gasteiger partial charge in [-0.3, -0.25) is 4.99 Å². The molecule has 0 atom stereocenters. The van der Waals surface area contributed by atoms with Gasteiger partial charge in [0.2, 0.25) is 0 Å². The summed E-state index contributed by atoms with van der Waals surface area (Å²) in [5, 5.41) is 3.14. The molecule has 0 radical (unpaired) electrons. The van der Waals surface area contributed by atoms with Crippen molar-refractivity contribution in [3.05, 3.63) is 60.4 Å². The lowest BCUT2D eigenvalue weighted by Crippen LogP contribution is -2.53. The smallest absolute Gasteiger partial charge is 0.193 e. The quantitative estimate of drug-likeness (QED) is 0.365.